The highest BCUT2D eigenvalue weighted by atomic mass is 16.5. The molecule has 1 aromatic carbocycles. The number of hydrogen-bond donors (Lipinski definition) is 0. The monoisotopic (exact) mass is 257 g/mol. The Morgan fingerprint density at radius 2 is 2.11 bits per heavy atom. The number of rotatable bonds is 2. The van der Waals surface area contributed by atoms with Crippen LogP contribution >= 0.6 is 0 Å². The summed E-state index contributed by atoms with van der Waals surface area (Å²) in [7, 11) is 3.15. The van der Waals surface area contributed by atoms with E-state index in [1.165, 1.54) is 18.1 Å². The van der Waals surface area contributed by atoms with Gasteiger partial charge >= 0.3 is 0 Å². The highest BCUT2D eigenvalue weighted by molar-refractivity contribution is 5.80. The van der Waals surface area contributed by atoms with Crippen LogP contribution in [0.5, 0.6) is 5.75 Å². The van der Waals surface area contributed by atoms with Gasteiger partial charge in [0.15, 0.2) is 5.82 Å². The molecule has 2 heterocycles. The van der Waals surface area contributed by atoms with Crippen molar-refractivity contribution in [1.29, 1.82) is 0 Å². The molecule has 0 saturated carbocycles. The average molecular weight is 257 g/mol. The van der Waals surface area contributed by atoms with E-state index in [0.29, 0.717) is 16.8 Å². The summed E-state index contributed by atoms with van der Waals surface area (Å²) in [4.78, 5) is 16.4. The molecule has 0 fully saturated rings. The van der Waals surface area contributed by atoms with Gasteiger partial charge in [-0.15, -0.1) is 0 Å². The average Bonchev–Trinajstić information content (AvgIpc) is 2.85. The number of methoxy groups -OCH3 is 1. The van der Waals surface area contributed by atoms with Crippen molar-refractivity contribution in [1.82, 2.24) is 14.8 Å². The Morgan fingerprint density at radius 1 is 1.32 bits per heavy atom. The second-order valence-electron chi connectivity index (χ2n) is 4.00. The van der Waals surface area contributed by atoms with E-state index in [9.17, 15) is 4.79 Å². The maximum atomic E-state index is 12.3. The zero-order chi connectivity index (χ0) is 13.4. The molecule has 6 nitrogen and oxygen atoms in total. The van der Waals surface area contributed by atoms with Crippen LogP contribution in [-0.2, 0) is 7.05 Å². The van der Waals surface area contributed by atoms with Gasteiger partial charge < -0.3 is 9.15 Å². The Balaban J connectivity index is 2.42. The van der Waals surface area contributed by atoms with E-state index >= 15 is 0 Å². The smallest absolute Gasteiger partial charge is 0.235 e. The van der Waals surface area contributed by atoms with Gasteiger partial charge in [-0.25, -0.2) is 9.67 Å². The molecule has 0 spiro atoms. The number of fused-ring (bicyclic) bond motifs is 1. The van der Waals surface area contributed by atoms with Crippen LogP contribution < -0.4 is 10.2 Å². The van der Waals surface area contributed by atoms with Crippen molar-refractivity contribution < 1.29 is 9.15 Å². The van der Waals surface area contributed by atoms with Crippen LogP contribution in [0.2, 0.25) is 0 Å². The number of benzene rings is 1. The highest BCUT2D eigenvalue weighted by Crippen LogP contribution is 2.28. The maximum absolute atomic E-state index is 12.3. The maximum Gasteiger partial charge on any atom is 0.235 e. The van der Waals surface area contributed by atoms with Gasteiger partial charge in [0, 0.05) is 7.05 Å². The molecule has 2 aromatic heterocycles. The molecule has 0 amide bonds. The largest absolute Gasteiger partial charge is 0.489 e. The van der Waals surface area contributed by atoms with Crippen LogP contribution in [0, 0.1) is 0 Å². The number of nitrogens with zero attached hydrogens (tertiary/aromatic N) is 3. The topological polar surface area (TPSA) is 70.2 Å². The summed E-state index contributed by atoms with van der Waals surface area (Å²) in [6.45, 7) is 0. The van der Waals surface area contributed by atoms with Gasteiger partial charge in [0.25, 0.3) is 0 Å². The Labute approximate surface area is 108 Å². The molecule has 0 radical (unpaired) electrons. The summed E-state index contributed by atoms with van der Waals surface area (Å²) in [5.74, 6) is 0.862. The lowest BCUT2D eigenvalue weighted by molar-refractivity contribution is 0.397. The minimum Gasteiger partial charge on any atom is -0.489 e. The second kappa shape index (κ2) is 4.24. The van der Waals surface area contributed by atoms with Crippen molar-refractivity contribution in [2.45, 2.75) is 0 Å². The summed E-state index contributed by atoms with van der Waals surface area (Å²) in [6, 6.07) is 7.01. The summed E-state index contributed by atoms with van der Waals surface area (Å²) in [5, 5.41) is 4.44. The third kappa shape index (κ3) is 1.69. The van der Waals surface area contributed by atoms with Crippen molar-refractivity contribution in [3.8, 4) is 17.3 Å². The molecule has 0 saturated heterocycles. The standard InChI is InChI=1S/C13H11N3O3/c1-16-13(14-7-15-16)12-11(18-2)10(17)8-5-3-4-6-9(8)19-12/h3-7H,1-2H3. The summed E-state index contributed by atoms with van der Waals surface area (Å²) in [6.07, 6.45) is 1.39. The molecular weight excluding hydrogens is 246 g/mol. The van der Waals surface area contributed by atoms with Gasteiger partial charge in [0.05, 0.1) is 12.5 Å². The van der Waals surface area contributed by atoms with Crippen molar-refractivity contribution in [2.24, 2.45) is 7.05 Å². The van der Waals surface area contributed by atoms with E-state index in [1.54, 1.807) is 31.3 Å². The third-order valence-corrected chi connectivity index (χ3v) is 2.87. The molecule has 0 unspecified atom stereocenters. The SMILES string of the molecule is COc1c(-c2ncnn2C)oc2ccccc2c1=O. The normalized spacial score (nSPS) is 10.8. The van der Waals surface area contributed by atoms with E-state index in [4.69, 9.17) is 9.15 Å². The second-order valence-corrected chi connectivity index (χ2v) is 4.00. The van der Waals surface area contributed by atoms with E-state index in [1.807, 2.05) is 0 Å². The number of hydrogen-bond acceptors (Lipinski definition) is 5. The number of ether oxygens (including phenoxy) is 1. The minimum atomic E-state index is -0.220. The number of para-hydroxylation sites is 1. The Hall–Kier alpha value is -2.63. The molecule has 0 aliphatic carbocycles. The molecule has 3 aromatic rings. The lowest BCUT2D eigenvalue weighted by atomic mass is 10.2. The van der Waals surface area contributed by atoms with Crippen LogP contribution in [0.15, 0.2) is 39.8 Å². The fourth-order valence-electron chi connectivity index (χ4n) is 1.96. The first-order valence-corrected chi connectivity index (χ1v) is 5.66. The van der Waals surface area contributed by atoms with Crippen molar-refractivity contribution >= 4 is 11.0 Å². The van der Waals surface area contributed by atoms with Crippen molar-refractivity contribution in [3.63, 3.8) is 0 Å². The fourth-order valence-corrected chi connectivity index (χ4v) is 1.96. The molecule has 6 heteroatoms. The third-order valence-electron chi connectivity index (χ3n) is 2.87. The quantitative estimate of drug-likeness (QED) is 0.697. The predicted octanol–water partition coefficient (Wildman–Crippen LogP) is 1.60. The zero-order valence-electron chi connectivity index (χ0n) is 10.5. The summed E-state index contributed by atoms with van der Waals surface area (Å²) < 4.78 is 12.4. The van der Waals surface area contributed by atoms with Crippen LogP contribution in [0.4, 0.5) is 0 Å². The van der Waals surface area contributed by atoms with Gasteiger partial charge in [0.2, 0.25) is 16.9 Å². The first kappa shape index (κ1) is 11.5. The van der Waals surface area contributed by atoms with Crippen LogP contribution in [0.3, 0.4) is 0 Å². The molecule has 0 atom stereocenters. The van der Waals surface area contributed by atoms with Crippen molar-refractivity contribution in [2.75, 3.05) is 7.11 Å². The first-order valence-electron chi connectivity index (χ1n) is 5.66. The van der Waals surface area contributed by atoms with Gasteiger partial charge in [-0.1, -0.05) is 12.1 Å². The summed E-state index contributed by atoms with van der Waals surface area (Å²) in [5.41, 5.74) is 0.272. The van der Waals surface area contributed by atoms with Gasteiger partial charge in [-0.2, -0.15) is 5.10 Å². The highest BCUT2D eigenvalue weighted by Gasteiger charge is 2.19. The molecule has 0 bridgehead atoms. The molecule has 0 aliphatic heterocycles. The van der Waals surface area contributed by atoms with Gasteiger partial charge in [0.1, 0.15) is 11.9 Å². The van der Waals surface area contributed by atoms with Gasteiger partial charge in [-0.05, 0) is 12.1 Å². The van der Waals surface area contributed by atoms with E-state index < -0.39 is 0 Å². The van der Waals surface area contributed by atoms with E-state index in [0.717, 1.165) is 0 Å². The van der Waals surface area contributed by atoms with Crippen molar-refractivity contribution in [3.05, 3.63) is 40.8 Å². The lowest BCUT2D eigenvalue weighted by Gasteiger charge is -2.07. The van der Waals surface area contributed by atoms with Crippen LogP contribution in [0.25, 0.3) is 22.6 Å². The summed E-state index contributed by atoms with van der Waals surface area (Å²) >= 11 is 0. The Bertz CT molecular complexity index is 804. The molecule has 96 valence electrons. The van der Waals surface area contributed by atoms with E-state index in [-0.39, 0.29) is 16.9 Å². The Morgan fingerprint density at radius 3 is 2.79 bits per heavy atom. The van der Waals surface area contributed by atoms with Gasteiger partial charge in [-0.3, -0.25) is 4.79 Å². The molecule has 19 heavy (non-hydrogen) atoms. The molecule has 3 rings (SSSR count). The zero-order valence-corrected chi connectivity index (χ0v) is 10.5. The predicted molar refractivity (Wildman–Crippen MR) is 69.0 cm³/mol. The number of aromatic nitrogens is 3. The minimum absolute atomic E-state index is 0.134. The van der Waals surface area contributed by atoms with E-state index in [2.05, 4.69) is 10.1 Å². The first-order chi connectivity index (χ1) is 9.22. The number of aryl methyl sites for hydroxylation is 1. The fraction of sp³-hybridized carbons (Fsp3) is 0.154. The molecule has 0 aliphatic rings. The lowest BCUT2D eigenvalue weighted by Crippen LogP contribution is -2.09. The van der Waals surface area contributed by atoms with Crippen LogP contribution in [0.1, 0.15) is 0 Å². The van der Waals surface area contributed by atoms with Crippen LogP contribution in [-0.4, -0.2) is 21.9 Å². The Kier molecular flexibility index (Phi) is 2.56. The molecule has 0 N–H and O–H groups in total. The molecular formula is C13H11N3O3.